The van der Waals surface area contributed by atoms with Gasteiger partial charge in [0.2, 0.25) is 5.13 Å². The highest BCUT2D eigenvalue weighted by Crippen LogP contribution is 2.24. The minimum absolute atomic E-state index is 0.00791. The van der Waals surface area contributed by atoms with Gasteiger partial charge in [-0.05, 0) is 6.92 Å². The second kappa shape index (κ2) is 5.42. The average Bonchev–Trinajstić information content (AvgIpc) is 2.85. The Morgan fingerprint density at radius 2 is 2.11 bits per heavy atom. The number of thiazole rings is 1. The van der Waals surface area contributed by atoms with Gasteiger partial charge >= 0.3 is 5.97 Å². The summed E-state index contributed by atoms with van der Waals surface area (Å²) in [6, 6.07) is 9.74. The second-order valence-electron chi connectivity index (χ2n) is 3.52. The summed E-state index contributed by atoms with van der Waals surface area (Å²) in [7, 11) is 0. The number of aliphatic carboxylic acids is 1. The highest BCUT2D eigenvalue weighted by molar-refractivity contribution is 7.14. The van der Waals surface area contributed by atoms with Crippen LogP contribution in [0.4, 0.5) is 5.13 Å². The molecular formula is C12H11N3O2S. The molecule has 0 radical (unpaired) electrons. The normalized spacial score (nSPS) is 11.3. The fourth-order valence-electron chi connectivity index (χ4n) is 1.25. The lowest BCUT2D eigenvalue weighted by Gasteiger charge is -1.96. The predicted octanol–water partition coefficient (Wildman–Crippen LogP) is 2.68. The molecule has 0 saturated heterocycles. The van der Waals surface area contributed by atoms with Gasteiger partial charge in [-0.3, -0.25) is 5.43 Å². The molecule has 2 aromatic rings. The van der Waals surface area contributed by atoms with E-state index in [1.807, 2.05) is 35.7 Å². The van der Waals surface area contributed by atoms with E-state index in [2.05, 4.69) is 15.5 Å². The van der Waals surface area contributed by atoms with Crippen LogP contribution in [0.25, 0.3) is 11.3 Å². The Morgan fingerprint density at radius 3 is 2.78 bits per heavy atom. The molecule has 0 amide bonds. The van der Waals surface area contributed by atoms with Crippen LogP contribution in [-0.4, -0.2) is 21.8 Å². The van der Waals surface area contributed by atoms with E-state index >= 15 is 0 Å². The summed E-state index contributed by atoms with van der Waals surface area (Å²) in [4.78, 5) is 14.9. The van der Waals surface area contributed by atoms with Gasteiger partial charge in [0.1, 0.15) is 5.71 Å². The van der Waals surface area contributed by atoms with E-state index in [4.69, 9.17) is 5.11 Å². The largest absolute Gasteiger partial charge is 0.477 e. The van der Waals surface area contributed by atoms with E-state index in [9.17, 15) is 4.79 Å². The Bertz CT molecular complexity index is 578. The summed E-state index contributed by atoms with van der Waals surface area (Å²) in [5.74, 6) is -1.05. The van der Waals surface area contributed by atoms with E-state index in [0.717, 1.165) is 11.3 Å². The zero-order valence-electron chi connectivity index (χ0n) is 9.62. The molecule has 1 heterocycles. The standard InChI is InChI=1S/C12H11N3O2S/c1-8(11(16)17)14-15-12-13-10(7-18-12)9-5-3-2-4-6-9/h2-7H,1H3,(H,13,15)(H,16,17). The van der Waals surface area contributed by atoms with Crippen LogP contribution in [0.5, 0.6) is 0 Å². The summed E-state index contributed by atoms with van der Waals surface area (Å²) < 4.78 is 0. The molecule has 2 N–H and O–H groups in total. The maximum absolute atomic E-state index is 10.6. The average molecular weight is 261 g/mol. The molecule has 0 aliphatic carbocycles. The van der Waals surface area contributed by atoms with E-state index < -0.39 is 5.97 Å². The third-order valence-electron chi connectivity index (χ3n) is 2.20. The third kappa shape index (κ3) is 2.92. The van der Waals surface area contributed by atoms with Crippen molar-refractivity contribution in [3.63, 3.8) is 0 Å². The smallest absolute Gasteiger partial charge is 0.351 e. The van der Waals surface area contributed by atoms with Gasteiger partial charge < -0.3 is 5.11 Å². The second-order valence-corrected chi connectivity index (χ2v) is 4.38. The molecule has 0 fully saturated rings. The number of carbonyl (C=O) groups is 1. The molecule has 92 valence electrons. The van der Waals surface area contributed by atoms with Crippen molar-refractivity contribution < 1.29 is 9.90 Å². The molecule has 6 heteroatoms. The summed E-state index contributed by atoms with van der Waals surface area (Å²) in [6.45, 7) is 1.42. The van der Waals surface area contributed by atoms with Gasteiger partial charge in [0.15, 0.2) is 0 Å². The van der Waals surface area contributed by atoms with Crippen LogP contribution in [0.3, 0.4) is 0 Å². The molecule has 0 bridgehead atoms. The molecule has 0 aliphatic rings. The van der Waals surface area contributed by atoms with Crippen molar-refractivity contribution in [2.24, 2.45) is 5.10 Å². The SMILES string of the molecule is CC(=NNc1nc(-c2ccccc2)cs1)C(=O)O. The Kier molecular flexibility index (Phi) is 3.69. The van der Waals surface area contributed by atoms with Crippen LogP contribution in [-0.2, 0) is 4.79 Å². The fourth-order valence-corrected chi connectivity index (χ4v) is 1.91. The molecular weight excluding hydrogens is 250 g/mol. The van der Waals surface area contributed by atoms with Gasteiger partial charge in [-0.2, -0.15) is 5.10 Å². The van der Waals surface area contributed by atoms with Crippen LogP contribution in [0, 0.1) is 0 Å². The number of hydrogen-bond donors (Lipinski definition) is 2. The van der Waals surface area contributed by atoms with Crippen molar-refractivity contribution in [2.75, 3.05) is 5.43 Å². The first-order valence-electron chi connectivity index (χ1n) is 5.21. The summed E-state index contributed by atoms with van der Waals surface area (Å²) >= 11 is 1.38. The molecule has 0 aliphatic heterocycles. The maximum atomic E-state index is 10.6. The number of carboxylic acid groups (broad SMARTS) is 1. The molecule has 0 unspecified atom stereocenters. The van der Waals surface area contributed by atoms with Crippen molar-refractivity contribution in [3.05, 3.63) is 35.7 Å². The number of benzene rings is 1. The first kappa shape index (κ1) is 12.3. The van der Waals surface area contributed by atoms with E-state index in [1.165, 1.54) is 18.3 Å². The summed E-state index contributed by atoms with van der Waals surface area (Å²) in [5.41, 5.74) is 4.48. The Balaban J connectivity index is 2.12. The number of hydrogen-bond acceptors (Lipinski definition) is 5. The number of hydrazone groups is 1. The lowest BCUT2D eigenvalue weighted by molar-refractivity contribution is -0.129. The molecule has 0 spiro atoms. The quantitative estimate of drug-likeness (QED) is 0.655. The van der Waals surface area contributed by atoms with E-state index in [-0.39, 0.29) is 5.71 Å². The molecule has 5 nitrogen and oxygen atoms in total. The van der Waals surface area contributed by atoms with Crippen molar-refractivity contribution in [2.45, 2.75) is 6.92 Å². The number of aromatic nitrogens is 1. The lowest BCUT2D eigenvalue weighted by Crippen LogP contribution is -2.10. The van der Waals surface area contributed by atoms with Gasteiger partial charge in [0.25, 0.3) is 0 Å². The number of nitrogens with zero attached hydrogens (tertiary/aromatic N) is 2. The van der Waals surface area contributed by atoms with Crippen LogP contribution in [0.1, 0.15) is 6.92 Å². The number of nitrogens with one attached hydrogen (secondary N) is 1. The zero-order chi connectivity index (χ0) is 13.0. The zero-order valence-corrected chi connectivity index (χ0v) is 10.4. The van der Waals surface area contributed by atoms with E-state index in [0.29, 0.717) is 5.13 Å². The van der Waals surface area contributed by atoms with Crippen LogP contribution < -0.4 is 5.43 Å². The molecule has 1 aromatic heterocycles. The minimum atomic E-state index is -1.05. The highest BCUT2D eigenvalue weighted by Gasteiger charge is 2.05. The molecule has 1 aromatic carbocycles. The van der Waals surface area contributed by atoms with Gasteiger partial charge in [-0.15, -0.1) is 11.3 Å². The van der Waals surface area contributed by atoms with Crippen LogP contribution in [0.15, 0.2) is 40.8 Å². The molecule has 0 saturated carbocycles. The van der Waals surface area contributed by atoms with Crippen molar-refractivity contribution in [1.82, 2.24) is 4.98 Å². The number of anilines is 1. The van der Waals surface area contributed by atoms with Crippen LogP contribution >= 0.6 is 11.3 Å². The Morgan fingerprint density at radius 1 is 1.39 bits per heavy atom. The fraction of sp³-hybridized carbons (Fsp3) is 0.0833. The molecule has 2 rings (SSSR count). The van der Waals surface area contributed by atoms with Crippen molar-refractivity contribution in [1.29, 1.82) is 0 Å². The third-order valence-corrected chi connectivity index (χ3v) is 2.95. The Hall–Kier alpha value is -2.21. The van der Waals surface area contributed by atoms with Crippen molar-refractivity contribution in [3.8, 4) is 11.3 Å². The van der Waals surface area contributed by atoms with Crippen LogP contribution in [0.2, 0.25) is 0 Å². The predicted molar refractivity (Wildman–Crippen MR) is 71.9 cm³/mol. The van der Waals surface area contributed by atoms with E-state index in [1.54, 1.807) is 0 Å². The molecule has 18 heavy (non-hydrogen) atoms. The van der Waals surface area contributed by atoms with Gasteiger partial charge in [-0.1, -0.05) is 30.3 Å². The monoisotopic (exact) mass is 261 g/mol. The van der Waals surface area contributed by atoms with Crippen molar-refractivity contribution >= 4 is 28.1 Å². The Labute approximate surface area is 108 Å². The lowest BCUT2D eigenvalue weighted by atomic mass is 10.2. The maximum Gasteiger partial charge on any atom is 0.351 e. The summed E-state index contributed by atoms with van der Waals surface area (Å²) in [5, 5.41) is 14.8. The topological polar surface area (TPSA) is 74.6 Å². The van der Waals surface area contributed by atoms with Gasteiger partial charge in [0, 0.05) is 10.9 Å². The minimum Gasteiger partial charge on any atom is -0.477 e. The number of carboxylic acids is 1. The number of rotatable bonds is 4. The van der Waals surface area contributed by atoms with Gasteiger partial charge in [-0.25, -0.2) is 9.78 Å². The molecule has 0 atom stereocenters. The summed E-state index contributed by atoms with van der Waals surface area (Å²) in [6.07, 6.45) is 0. The first-order chi connectivity index (χ1) is 8.66. The van der Waals surface area contributed by atoms with Gasteiger partial charge in [0.05, 0.1) is 5.69 Å². The highest BCUT2D eigenvalue weighted by atomic mass is 32.1. The first-order valence-corrected chi connectivity index (χ1v) is 6.09.